The fraction of sp³-hybridized carbons (Fsp3) is 0.381. The number of aromatic amines is 1. The van der Waals surface area contributed by atoms with Gasteiger partial charge in [0.15, 0.2) is 0 Å². The number of benzene rings is 1. The van der Waals surface area contributed by atoms with Gasteiger partial charge in [-0.3, -0.25) is 15.0 Å². The van der Waals surface area contributed by atoms with E-state index in [1.165, 1.54) is 0 Å². The molecular weight excluding hydrogens is 368 g/mol. The predicted octanol–water partition coefficient (Wildman–Crippen LogP) is 2.61. The molecule has 5 rings (SSSR count). The average Bonchev–Trinajstić information content (AvgIpc) is 3.14. The van der Waals surface area contributed by atoms with E-state index in [2.05, 4.69) is 31.5 Å². The summed E-state index contributed by atoms with van der Waals surface area (Å²) in [5, 5.41) is 11.7. The molecule has 1 saturated heterocycles. The van der Waals surface area contributed by atoms with E-state index >= 15 is 0 Å². The number of nitrogens with one attached hydrogen (secondary N) is 2. The number of amides is 2. The van der Waals surface area contributed by atoms with Crippen molar-refractivity contribution in [3.05, 3.63) is 41.7 Å². The number of morpholine rings is 1. The number of nitrogens with zero attached hydrogens (tertiary/aromatic N) is 4. The van der Waals surface area contributed by atoms with Gasteiger partial charge >= 0.3 is 6.03 Å². The number of hydrogen-bond donors (Lipinski definition) is 2. The van der Waals surface area contributed by atoms with Crippen molar-refractivity contribution in [2.45, 2.75) is 13.5 Å². The molecule has 1 aromatic carbocycles. The highest BCUT2D eigenvalue weighted by atomic mass is 16.5. The second-order valence-corrected chi connectivity index (χ2v) is 7.62. The molecule has 4 heterocycles. The number of carbonyl (C=O) groups is 1. The van der Waals surface area contributed by atoms with Gasteiger partial charge in [0.1, 0.15) is 5.69 Å². The van der Waals surface area contributed by atoms with Crippen molar-refractivity contribution < 1.29 is 9.53 Å². The molecule has 2 amide bonds. The molecule has 0 aliphatic carbocycles. The highest BCUT2D eigenvalue weighted by Gasteiger charge is 2.25. The number of ether oxygens (including phenoxy) is 1. The number of hydrogen-bond acceptors (Lipinski definition) is 5. The third-order valence-corrected chi connectivity index (χ3v) is 5.64. The first kappa shape index (κ1) is 18.1. The molecule has 0 bridgehead atoms. The van der Waals surface area contributed by atoms with Crippen molar-refractivity contribution in [3.63, 3.8) is 0 Å². The normalized spacial score (nSPS) is 17.4. The first-order valence-electron chi connectivity index (χ1n) is 9.97. The Morgan fingerprint density at radius 3 is 2.86 bits per heavy atom. The summed E-state index contributed by atoms with van der Waals surface area (Å²) in [6.45, 7) is 7.53. The van der Waals surface area contributed by atoms with Crippen molar-refractivity contribution in [2.75, 3.05) is 44.7 Å². The first-order chi connectivity index (χ1) is 14.2. The van der Waals surface area contributed by atoms with Crippen LogP contribution in [0.2, 0.25) is 0 Å². The van der Waals surface area contributed by atoms with Gasteiger partial charge in [-0.25, -0.2) is 4.79 Å². The second kappa shape index (κ2) is 7.46. The molecule has 0 spiro atoms. The summed E-state index contributed by atoms with van der Waals surface area (Å²) >= 11 is 0. The van der Waals surface area contributed by atoms with E-state index in [1.807, 2.05) is 30.0 Å². The van der Waals surface area contributed by atoms with Gasteiger partial charge in [-0.1, -0.05) is 0 Å². The topological polar surface area (TPSA) is 86.4 Å². The summed E-state index contributed by atoms with van der Waals surface area (Å²) < 4.78 is 5.40. The molecule has 0 radical (unpaired) electrons. The summed E-state index contributed by atoms with van der Waals surface area (Å²) in [5.74, 6) is 0. The number of pyridine rings is 1. The number of rotatable bonds is 4. The number of carbonyl (C=O) groups excluding carboxylic acids is 1. The Labute approximate surface area is 168 Å². The van der Waals surface area contributed by atoms with Crippen LogP contribution in [0.25, 0.3) is 22.2 Å². The average molecular weight is 392 g/mol. The molecule has 29 heavy (non-hydrogen) atoms. The third-order valence-electron chi connectivity index (χ3n) is 5.64. The summed E-state index contributed by atoms with van der Waals surface area (Å²) in [6, 6.07) is 8.08. The van der Waals surface area contributed by atoms with Gasteiger partial charge in [-0.05, 0) is 36.8 Å². The van der Waals surface area contributed by atoms with Gasteiger partial charge in [0.25, 0.3) is 0 Å². The lowest BCUT2D eigenvalue weighted by molar-refractivity contribution is 0.0348. The van der Waals surface area contributed by atoms with Gasteiger partial charge in [0.05, 0.1) is 18.7 Å². The van der Waals surface area contributed by atoms with Crippen LogP contribution in [0.1, 0.15) is 11.3 Å². The fourth-order valence-electron chi connectivity index (χ4n) is 4.01. The van der Waals surface area contributed by atoms with Crippen LogP contribution in [-0.4, -0.2) is 70.4 Å². The SMILES string of the molecule is Cc1cc(-c2n[nH]c3cc4c(cc23)CN(CCN2CCOCC2)C(=O)N4)ccn1. The zero-order valence-corrected chi connectivity index (χ0v) is 16.4. The van der Waals surface area contributed by atoms with Crippen LogP contribution in [0, 0.1) is 6.92 Å². The van der Waals surface area contributed by atoms with E-state index in [9.17, 15) is 4.79 Å². The molecule has 8 heteroatoms. The van der Waals surface area contributed by atoms with Gasteiger partial charge in [0, 0.05) is 61.3 Å². The van der Waals surface area contributed by atoms with Crippen LogP contribution in [0.5, 0.6) is 0 Å². The van der Waals surface area contributed by atoms with Crippen LogP contribution in [0.4, 0.5) is 10.5 Å². The number of urea groups is 1. The van der Waals surface area contributed by atoms with Gasteiger partial charge < -0.3 is 15.0 Å². The minimum Gasteiger partial charge on any atom is -0.379 e. The van der Waals surface area contributed by atoms with Gasteiger partial charge in [-0.2, -0.15) is 5.10 Å². The molecule has 150 valence electrons. The monoisotopic (exact) mass is 392 g/mol. The van der Waals surface area contributed by atoms with E-state index in [0.717, 1.165) is 72.0 Å². The first-order valence-corrected chi connectivity index (χ1v) is 9.97. The molecular formula is C21H24N6O2. The Morgan fingerprint density at radius 1 is 1.17 bits per heavy atom. The third kappa shape index (κ3) is 3.56. The van der Waals surface area contributed by atoms with Crippen molar-refractivity contribution in [3.8, 4) is 11.3 Å². The summed E-state index contributed by atoms with van der Waals surface area (Å²) in [6.07, 6.45) is 1.80. The molecule has 2 aromatic heterocycles. The number of aromatic nitrogens is 3. The van der Waals surface area contributed by atoms with Crippen molar-refractivity contribution >= 4 is 22.6 Å². The Morgan fingerprint density at radius 2 is 2.03 bits per heavy atom. The quantitative estimate of drug-likeness (QED) is 0.713. The van der Waals surface area contributed by atoms with Crippen LogP contribution in [0.15, 0.2) is 30.5 Å². The van der Waals surface area contributed by atoms with Gasteiger partial charge in [-0.15, -0.1) is 0 Å². The molecule has 0 saturated carbocycles. The largest absolute Gasteiger partial charge is 0.379 e. The van der Waals surface area contributed by atoms with Crippen molar-refractivity contribution in [2.24, 2.45) is 0 Å². The maximum Gasteiger partial charge on any atom is 0.322 e. The van der Waals surface area contributed by atoms with Crippen LogP contribution in [0.3, 0.4) is 0 Å². The smallest absolute Gasteiger partial charge is 0.322 e. The molecule has 1 fully saturated rings. The van der Waals surface area contributed by atoms with E-state index in [1.54, 1.807) is 6.20 Å². The minimum atomic E-state index is -0.0467. The second-order valence-electron chi connectivity index (χ2n) is 7.62. The highest BCUT2D eigenvalue weighted by Crippen LogP contribution is 2.33. The maximum atomic E-state index is 12.6. The summed E-state index contributed by atoms with van der Waals surface area (Å²) in [4.78, 5) is 21.1. The number of fused-ring (bicyclic) bond motifs is 2. The molecule has 0 atom stereocenters. The zero-order chi connectivity index (χ0) is 19.8. The number of anilines is 1. The fourth-order valence-corrected chi connectivity index (χ4v) is 4.01. The van der Waals surface area contributed by atoms with Crippen molar-refractivity contribution in [1.82, 2.24) is 25.0 Å². The van der Waals surface area contributed by atoms with Crippen LogP contribution >= 0.6 is 0 Å². The molecule has 2 N–H and O–H groups in total. The maximum absolute atomic E-state index is 12.6. The van der Waals surface area contributed by atoms with Crippen LogP contribution in [-0.2, 0) is 11.3 Å². The summed E-state index contributed by atoms with van der Waals surface area (Å²) in [7, 11) is 0. The lowest BCUT2D eigenvalue weighted by Crippen LogP contribution is -2.45. The highest BCUT2D eigenvalue weighted by molar-refractivity contribution is 6.00. The molecule has 0 unspecified atom stereocenters. The van der Waals surface area contributed by atoms with Crippen molar-refractivity contribution in [1.29, 1.82) is 0 Å². The number of H-pyrrole nitrogens is 1. The number of aryl methyl sites for hydroxylation is 1. The molecule has 3 aromatic rings. The Bertz CT molecular complexity index is 1060. The minimum absolute atomic E-state index is 0.0467. The molecule has 8 nitrogen and oxygen atoms in total. The lowest BCUT2D eigenvalue weighted by Gasteiger charge is -2.33. The van der Waals surface area contributed by atoms with Gasteiger partial charge in [0.2, 0.25) is 0 Å². The van der Waals surface area contributed by atoms with E-state index < -0.39 is 0 Å². The Hall–Kier alpha value is -2.97. The lowest BCUT2D eigenvalue weighted by atomic mass is 10.0. The van der Waals surface area contributed by atoms with Crippen LogP contribution < -0.4 is 5.32 Å². The Kier molecular flexibility index (Phi) is 4.65. The van der Waals surface area contributed by atoms with E-state index in [-0.39, 0.29) is 6.03 Å². The standard InChI is InChI=1S/C21H24N6O2/c1-14-10-15(2-3-22-14)20-17-11-16-13-27(5-4-26-6-8-29-9-7-26)21(28)23-18(16)12-19(17)24-25-20/h2-3,10-12H,4-9,13H2,1H3,(H,23,28)(H,24,25). The predicted molar refractivity (Wildman–Crippen MR) is 111 cm³/mol. The molecule has 2 aliphatic heterocycles. The zero-order valence-electron chi connectivity index (χ0n) is 16.4. The Balaban J connectivity index is 1.40. The van der Waals surface area contributed by atoms with E-state index in [4.69, 9.17) is 4.74 Å². The van der Waals surface area contributed by atoms with E-state index in [0.29, 0.717) is 13.1 Å². The molecule has 2 aliphatic rings. The summed E-state index contributed by atoms with van der Waals surface area (Å²) in [5.41, 5.74) is 5.77.